The maximum atomic E-state index is 10.7. The summed E-state index contributed by atoms with van der Waals surface area (Å²) in [7, 11) is 0. The Morgan fingerprint density at radius 2 is 1.96 bits per heavy atom. The van der Waals surface area contributed by atoms with Crippen LogP contribution in [-0.2, 0) is 5.75 Å². The molecule has 0 saturated heterocycles. The molecule has 0 amide bonds. The minimum absolute atomic E-state index is 0.00289. The Labute approximate surface area is 164 Å². The van der Waals surface area contributed by atoms with E-state index in [0.29, 0.717) is 33.3 Å². The lowest BCUT2D eigenvalue weighted by Crippen LogP contribution is -1.98. The van der Waals surface area contributed by atoms with Gasteiger partial charge in [-0.25, -0.2) is 4.98 Å². The lowest BCUT2D eigenvalue weighted by Gasteiger charge is -2.13. The highest BCUT2D eigenvalue weighted by Gasteiger charge is 2.26. The fraction of sp³-hybridized carbons (Fsp3) is 0.105. The molecule has 138 valence electrons. The highest BCUT2D eigenvalue weighted by Crippen LogP contribution is 2.47. The van der Waals surface area contributed by atoms with Gasteiger partial charge in [0.25, 0.3) is 0 Å². The second-order valence-electron chi connectivity index (χ2n) is 6.03. The number of rotatable bonds is 4. The zero-order chi connectivity index (χ0) is 19.1. The fourth-order valence-electron chi connectivity index (χ4n) is 3.17. The van der Waals surface area contributed by atoms with Crippen LogP contribution in [0.5, 0.6) is 17.4 Å². The van der Waals surface area contributed by atoms with Gasteiger partial charge in [-0.3, -0.25) is 4.57 Å². The number of benzene rings is 2. The molecule has 0 bridgehead atoms. The molecule has 6 nitrogen and oxygen atoms in total. The van der Waals surface area contributed by atoms with Gasteiger partial charge in [-0.05, 0) is 42.7 Å². The number of phenols is 1. The number of nitrogens with zero attached hydrogens (tertiary/aromatic N) is 2. The van der Waals surface area contributed by atoms with E-state index in [0.717, 1.165) is 11.0 Å². The molecule has 4 rings (SSSR count). The second-order valence-corrected chi connectivity index (χ2v) is 7.34. The number of halogens is 1. The van der Waals surface area contributed by atoms with Crippen molar-refractivity contribution < 1.29 is 15.3 Å². The maximum absolute atomic E-state index is 10.7. The van der Waals surface area contributed by atoms with Gasteiger partial charge in [0.15, 0.2) is 5.75 Å². The van der Waals surface area contributed by atoms with Gasteiger partial charge in [0, 0.05) is 21.9 Å². The average Bonchev–Trinajstić information content (AvgIpc) is 3.21. The largest absolute Gasteiger partial charge is 0.507 e. The third-order valence-corrected chi connectivity index (χ3v) is 5.20. The molecule has 0 aliphatic carbocycles. The number of aromatic nitrogens is 3. The van der Waals surface area contributed by atoms with E-state index in [-0.39, 0.29) is 17.4 Å². The van der Waals surface area contributed by atoms with E-state index >= 15 is 0 Å². The summed E-state index contributed by atoms with van der Waals surface area (Å²) in [5.41, 5.74) is 3.60. The molecule has 8 heteroatoms. The van der Waals surface area contributed by atoms with Crippen molar-refractivity contribution >= 4 is 34.4 Å². The van der Waals surface area contributed by atoms with Crippen LogP contribution in [0, 0.1) is 0 Å². The van der Waals surface area contributed by atoms with Crippen molar-refractivity contribution in [3.05, 3.63) is 53.3 Å². The lowest BCUT2D eigenvalue weighted by molar-refractivity contribution is 0.386. The topological polar surface area (TPSA) is 94.3 Å². The van der Waals surface area contributed by atoms with Crippen LogP contribution in [0.2, 0.25) is 5.02 Å². The molecule has 0 aliphatic heterocycles. The predicted octanol–water partition coefficient (Wildman–Crippen LogP) is 4.65. The number of phenolic OH excluding ortho intramolecular Hbond substituents is 1. The first-order chi connectivity index (χ1) is 13.0. The number of nitrogens with one attached hydrogen (secondary N) is 1. The number of aromatic amines is 1. The van der Waals surface area contributed by atoms with Gasteiger partial charge < -0.3 is 20.3 Å². The van der Waals surface area contributed by atoms with E-state index in [1.54, 1.807) is 24.5 Å². The zero-order valence-corrected chi connectivity index (χ0v) is 15.8. The quantitative estimate of drug-likeness (QED) is 0.399. The Morgan fingerprint density at radius 3 is 2.74 bits per heavy atom. The monoisotopic (exact) mass is 401 g/mol. The molecule has 27 heavy (non-hydrogen) atoms. The molecule has 2 aromatic carbocycles. The van der Waals surface area contributed by atoms with Crippen molar-refractivity contribution in [2.24, 2.45) is 0 Å². The zero-order valence-electron chi connectivity index (χ0n) is 14.3. The molecule has 0 spiro atoms. The van der Waals surface area contributed by atoms with Crippen LogP contribution in [0.3, 0.4) is 0 Å². The standard InChI is InChI=1S/C19H16ClN3O3S/c1-27-8-13-17(12-6-10(20)2-5-16(12)24)23(19(26)18(13)25)11-3-4-14-15(7-11)22-9-21-14/h2-7,9,24-26H,8H2,1H3,(H,21,22). The molecule has 2 heterocycles. The van der Waals surface area contributed by atoms with Gasteiger partial charge in [-0.2, -0.15) is 11.8 Å². The first kappa shape index (κ1) is 17.6. The summed E-state index contributed by atoms with van der Waals surface area (Å²) in [4.78, 5) is 7.23. The maximum Gasteiger partial charge on any atom is 0.240 e. The van der Waals surface area contributed by atoms with E-state index < -0.39 is 0 Å². The van der Waals surface area contributed by atoms with Crippen molar-refractivity contribution in [3.8, 4) is 34.3 Å². The molecule has 4 aromatic rings. The van der Waals surface area contributed by atoms with E-state index in [2.05, 4.69) is 9.97 Å². The molecule has 2 aromatic heterocycles. The molecule has 0 aliphatic rings. The van der Waals surface area contributed by atoms with Gasteiger partial charge in [0.05, 0.1) is 28.7 Å². The lowest BCUT2D eigenvalue weighted by atomic mass is 10.1. The summed E-state index contributed by atoms with van der Waals surface area (Å²) < 4.78 is 1.51. The molecule has 4 N–H and O–H groups in total. The summed E-state index contributed by atoms with van der Waals surface area (Å²) in [5, 5.41) is 32.1. The van der Waals surface area contributed by atoms with Crippen LogP contribution in [0.4, 0.5) is 0 Å². The normalized spacial score (nSPS) is 11.3. The van der Waals surface area contributed by atoms with Gasteiger partial charge in [-0.1, -0.05) is 11.6 Å². The van der Waals surface area contributed by atoms with E-state index in [4.69, 9.17) is 11.6 Å². The van der Waals surface area contributed by atoms with Gasteiger partial charge in [0.1, 0.15) is 5.75 Å². The van der Waals surface area contributed by atoms with Crippen molar-refractivity contribution in [1.29, 1.82) is 0 Å². The number of hydrogen-bond acceptors (Lipinski definition) is 5. The fourth-order valence-corrected chi connectivity index (χ4v) is 3.90. The van der Waals surface area contributed by atoms with Crippen LogP contribution >= 0.6 is 23.4 Å². The molecule has 0 atom stereocenters. The van der Waals surface area contributed by atoms with E-state index in [9.17, 15) is 15.3 Å². The number of imidazole rings is 1. The second kappa shape index (κ2) is 6.75. The Balaban J connectivity index is 2.06. The molecular weight excluding hydrogens is 386 g/mol. The molecule has 0 radical (unpaired) electrons. The van der Waals surface area contributed by atoms with Crippen molar-refractivity contribution in [3.63, 3.8) is 0 Å². The summed E-state index contributed by atoms with van der Waals surface area (Å²) in [6, 6.07) is 10.1. The van der Waals surface area contributed by atoms with E-state index in [1.165, 1.54) is 22.4 Å². The highest BCUT2D eigenvalue weighted by molar-refractivity contribution is 7.97. The predicted molar refractivity (Wildman–Crippen MR) is 108 cm³/mol. The van der Waals surface area contributed by atoms with Gasteiger partial charge in [-0.15, -0.1) is 0 Å². The number of H-pyrrole nitrogens is 1. The number of thioether (sulfide) groups is 1. The Kier molecular flexibility index (Phi) is 4.41. The first-order valence-electron chi connectivity index (χ1n) is 8.08. The van der Waals surface area contributed by atoms with Crippen LogP contribution in [0.15, 0.2) is 42.7 Å². The molecule has 0 fully saturated rings. The van der Waals surface area contributed by atoms with Crippen LogP contribution < -0.4 is 0 Å². The van der Waals surface area contributed by atoms with Gasteiger partial charge >= 0.3 is 0 Å². The van der Waals surface area contributed by atoms with E-state index in [1.807, 2.05) is 18.4 Å². The van der Waals surface area contributed by atoms with Crippen LogP contribution in [-0.4, -0.2) is 36.1 Å². The number of aromatic hydroxyl groups is 3. The van der Waals surface area contributed by atoms with Crippen LogP contribution in [0.1, 0.15) is 5.56 Å². The Hall–Kier alpha value is -2.77. The minimum atomic E-state index is -0.299. The molecule has 0 unspecified atom stereocenters. The van der Waals surface area contributed by atoms with Gasteiger partial charge in [0.2, 0.25) is 5.88 Å². The Bertz CT molecular complexity index is 1150. The minimum Gasteiger partial charge on any atom is -0.507 e. The SMILES string of the molecule is CSCc1c(O)c(O)n(-c2ccc3nc[nH]c3c2)c1-c1cc(Cl)ccc1O. The Morgan fingerprint density at radius 1 is 1.15 bits per heavy atom. The molecular formula is C19H16ClN3O3S. The summed E-state index contributed by atoms with van der Waals surface area (Å²) in [6.07, 6.45) is 3.48. The summed E-state index contributed by atoms with van der Waals surface area (Å²) in [5.74, 6) is -0.0705. The summed E-state index contributed by atoms with van der Waals surface area (Å²) in [6.45, 7) is 0. The average molecular weight is 402 g/mol. The highest BCUT2D eigenvalue weighted by atomic mass is 35.5. The van der Waals surface area contributed by atoms with Crippen molar-refractivity contribution in [2.75, 3.05) is 6.26 Å². The molecule has 0 saturated carbocycles. The van der Waals surface area contributed by atoms with Crippen molar-refractivity contribution in [2.45, 2.75) is 5.75 Å². The number of hydrogen-bond donors (Lipinski definition) is 4. The third-order valence-electron chi connectivity index (χ3n) is 4.38. The van der Waals surface area contributed by atoms with Crippen LogP contribution in [0.25, 0.3) is 28.0 Å². The summed E-state index contributed by atoms with van der Waals surface area (Å²) >= 11 is 7.63. The smallest absolute Gasteiger partial charge is 0.240 e. The van der Waals surface area contributed by atoms with Crippen molar-refractivity contribution in [1.82, 2.24) is 14.5 Å². The third kappa shape index (κ3) is 2.89. The first-order valence-corrected chi connectivity index (χ1v) is 9.85. The number of fused-ring (bicyclic) bond motifs is 1.